The molecule has 1 atom stereocenters. The Hall–Kier alpha value is -2.12. The monoisotopic (exact) mass is 404 g/mol. The molecular weight excluding hydrogens is 376 g/mol. The Morgan fingerprint density at radius 1 is 1.14 bits per heavy atom. The van der Waals surface area contributed by atoms with E-state index in [9.17, 15) is 13.2 Å². The highest BCUT2D eigenvalue weighted by atomic mass is 32.2. The molecule has 1 saturated heterocycles. The number of amides is 1. The molecule has 3 rings (SSSR count). The van der Waals surface area contributed by atoms with Gasteiger partial charge in [-0.1, -0.05) is 29.3 Å². The van der Waals surface area contributed by atoms with Gasteiger partial charge in [-0.05, 0) is 65.2 Å². The Bertz CT molecular complexity index is 966. The standard InChI is InChI=1S/C21H28N2O4S/c1-14-11-15(2)13-16(12-14)17-7-6-10-23(17)20(24)18-8-9-19(27-18)28(25,26)22-21(3,4)5/h8-9,11-13,17,22H,6-7,10H2,1-5H3. The minimum Gasteiger partial charge on any atom is -0.438 e. The molecule has 0 saturated carbocycles. The van der Waals surface area contributed by atoms with E-state index in [0.717, 1.165) is 29.5 Å². The third-order valence-electron chi connectivity index (χ3n) is 4.64. The van der Waals surface area contributed by atoms with Crippen LogP contribution in [0.4, 0.5) is 0 Å². The Labute approximate surface area is 167 Å². The molecular formula is C21H28N2O4S. The fraction of sp³-hybridized carbons (Fsp3) is 0.476. The first-order valence-electron chi connectivity index (χ1n) is 9.49. The molecule has 1 amide bonds. The molecule has 1 unspecified atom stereocenters. The van der Waals surface area contributed by atoms with Gasteiger partial charge in [0.15, 0.2) is 5.76 Å². The molecule has 1 aromatic carbocycles. The topological polar surface area (TPSA) is 79.6 Å². The number of sulfonamides is 1. The summed E-state index contributed by atoms with van der Waals surface area (Å²) in [5, 5.41) is -0.243. The van der Waals surface area contributed by atoms with Gasteiger partial charge in [0.05, 0.1) is 6.04 Å². The van der Waals surface area contributed by atoms with Crippen molar-refractivity contribution in [3.8, 4) is 0 Å². The van der Waals surface area contributed by atoms with E-state index >= 15 is 0 Å². The predicted molar refractivity (Wildman–Crippen MR) is 108 cm³/mol. The molecule has 1 fully saturated rings. The summed E-state index contributed by atoms with van der Waals surface area (Å²) in [6.45, 7) is 9.96. The molecule has 7 heteroatoms. The quantitative estimate of drug-likeness (QED) is 0.837. The fourth-order valence-corrected chi connectivity index (χ4v) is 5.09. The average Bonchev–Trinajstić information content (AvgIpc) is 3.21. The van der Waals surface area contributed by atoms with Crippen LogP contribution < -0.4 is 4.72 Å². The van der Waals surface area contributed by atoms with Crippen LogP contribution in [0.25, 0.3) is 0 Å². The molecule has 1 aromatic heterocycles. The lowest BCUT2D eigenvalue weighted by Crippen LogP contribution is -2.40. The van der Waals surface area contributed by atoms with E-state index in [1.807, 2.05) is 13.8 Å². The molecule has 1 aliphatic heterocycles. The highest BCUT2D eigenvalue weighted by molar-refractivity contribution is 7.89. The summed E-state index contributed by atoms with van der Waals surface area (Å²) >= 11 is 0. The SMILES string of the molecule is Cc1cc(C)cc(C2CCCN2C(=O)c2ccc(S(=O)(=O)NC(C)(C)C)o2)c1. The molecule has 0 bridgehead atoms. The van der Waals surface area contributed by atoms with Crippen LogP contribution in [0.15, 0.2) is 39.8 Å². The van der Waals surface area contributed by atoms with Crippen molar-refractivity contribution in [1.29, 1.82) is 0 Å². The van der Waals surface area contributed by atoms with E-state index in [0.29, 0.717) is 6.54 Å². The number of nitrogens with one attached hydrogen (secondary N) is 1. The fourth-order valence-electron chi connectivity index (χ4n) is 3.73. The number of hydrogen-bond acceptors (Lipinski definition) is 4. The number of carbonyl (C=O) groups is 1. The van der Waals surface area contributed by atoms with Crippen molar-refractivity contribution < 1.29 is 17.6 Å². The number of furan rings is 1. The highest BCUT2D eigenvalue weighted by Gasteiger charge is 2.33. The summed E-state index contributed by atoms with van der Waals surface area (Å²) in [5.41, 5.74) is 2.79. The van der Waals surface area contributed by atoms with Gasteiger partial charge in [-0.3, -0.25) is 4.79 Å². The molecule has 0 spiro atoms. The molecule has 6 nitrogen and oxygen atoms in total. The van der Waals surface area contributed by atoms with Gasteiger partial charge in [0.2, 0.25) is 5.09 Å². The van der Waals surface area contributed by atoms with Crippen molar-refractivity contribution in [3.63, 3.8) is 0 Å². The lowest BCUT2D eigenvalue weighted by atomic mass is 9.99. The lowest BCUT2D eigenvalue weighted by Gasteiger charge is -2.25. The van der Waals surface area contributed by atoms with Gasteiger partial charge in [-0.2, -0.15) is 0 Å². The van der Waals surface area contributed by atoms with E-state index in [1.54, 1.807) is 25.7 Å². The van der Waals surface area contributed by atoms with Crippen molar-refractivity contribution in [2.24, 2.45) is 0 Å². The minimum absolute atomic E-state index is 0.0241. The summed E-state index contributed by atoms with van der Waals surface area (Å²) in [6, 6.07) is 9.07. The van der Waals surface area contributed by atoms with E-state index in [4.69, 9.17) is 4.42 Å². The second kappa shape index (κ2) is 7.37. The molecule has 1 aliphatic rings. The molecule has 152 valence electrons. The summed E-state index contributed by atoms with van der Waals surface area (Å²) in [4.78, 5) is 14.8. The van der Waals surface area contributed by atoms with Gasteiger partial charge in [0.1, 0.15) is 0 Å². The van der Waals surface area contributed by atoms with Gasteiger partial charge < -0.3 is 9.32 Å². The number of nitrogens with zero attached hydrogens (tertiary/aromatic N) is 1. The Morgan fingerprint density at radius 3 is 2.39 bits per heavy atom. The molecule has 0 radical (unpaired) electrons. The van der Waals surface area contributed by atoms with Gasteiger partial charge in [0.25, 0.3) is 15.9 Å². The minimum atomic E-state index is -3.82. The van der Waals surface area contributed by atoms with Gasteiger partial charge >= 0.3 is 0 Å². The molecule has 2 aromatic rings. The second-order valence-corrected chi connectivity index (χ2v) is 10.2. The summed E-state index contributed by atoms with van der Waals surface area (Å²) in [6.07, 6.45) is 1.78. The first-order valence-corrected chi connectivity index (χ1v) is 11.0. The van der Waals surface area contributed by atoms with Crippen molar-refractivity contribution >= 4 is 15.9 Å². The molecule has 2 heterocycles. The third-order valence-corrected chi connectivity index (χ3v) is 6.27. The van der Waals surface area contributed by atoms with E-state index in [2.05, 4.69) is 22.9 Å². The van der Waals surface area contributed by atoms with E-state index in [-0.39, 0.29) is 22.8 Å². The summed E-state index contributed by atoms with van der Waals surface area (Å²) < 4.78 is 32.9. The first kappa shape index (κ1) is 20.6. The Kier molecular flexibility index (Phi) is 5.42. The number of carbonyl (C=O) groups excluding carboxylic acids is 1. The maximum Gasteiger partial charge on any atom is 0.290 e. The van der Waals surface area contributed by atoms with Gasteiger partial charge in [-0.15, -0.1) is 0 Å². The lowest BCUT2D eigenvalue weighted by molar-refractivity contribution is 0.0697. The van der Waals surface area contributed by atoms with Crippen LogP contribution >= 0.6 is 0 Å². The predicted octanol–water partition coefficient (Wildman–Crippen LogP) is 3.95. The van der Waals surface area contributed by atoms with Crippen molar-refractivity contribution in [2.45, 2.75) is 64.1 Å². The van der Waals surface area contributed by atoms with Crippen LogP contribution in [0, 0.1) is 13.8 Å². The van der Waals surface area contributed by atoms with Gasteiger partial charge in [0, 0.05) is 12.1 Å². The smallest absolute Gasteiger partial charge is 0.290 e. The maximum absolute atomic E-state index is 13.0. The number of hydrogen-bond donors (Lipinski definition) is 1. The van der Waals surface area contributed by atoms with Crippen molar-refractivity contribution in [3.05, 3.63) is 52.8 Å². The van der Waals surface area contributed by atoms with Crippen LogP contribution in [-0.4, -0.2) is 31.3 Å². The second-order valence-electron chi connectivity index (χ2n) is 8.55. The van der Waals surface area contributed by atoms with Crippen LogP contribution in [-0.2, 0) is 10.0 Å². The molecule has 1 N–H and O–H groups in total. The number of benzene rings is 1. The zero-order valence-corrected chi connectivity index (χ0v) is 17.9. The van der Waals surface area contributed by atoms with Crippen LogP contribution in [0.5, 0.6) is 0 Å². The highest BCUT2D eigenvalue weighted by Crippen LogP contribution is 2.34. The van der Waals surface area contributed by atoms with Crippen LogP contribution in [0.3, 0.4) is 0 Å². The largest absolute Gasteiger partial charge is 0.438 e. The normalized spacial score (nSPS) is 17.9. The Balaban J connectivity index is 1.85. The zero-order valence-electron chi connectivity index (χ0n) is 17.1. The number of rotatable bonds is 4. The van der Waals surface area contributed by atoms with Gasteiger partial charge in [-0.25, -0.2) is 13.1 Å². The average molecular weight is 405 g/mol. The Morgan fingerprint density at radius 2 is 1.79 bits per heavy atom. The maximum atomic E-state index is 13.0. The molecule has 28 heavy (non-hydrogen) atoms. The first-order chi connectivity index (χ1) is 13.0. The zero-order chi connectivity index (χ0) is 20.7. The molecule has 0 aliphatic carbocycles. The van der Waals surface area contributed by atoms with Crippen molar-refractivity contribution in [1.82, 2.24) is 9.62 Å². The number of likely N-dealkylation sites (tertiary alicyclic amines) is 1. The van der Waals surface area contributed by atoms with Crippen molar-refractivity contribution in [2.75, 3.05) is 6.54 Å². The number of aryl methyl sites for hydroxylation is 2. The van der Waals surface area contributed by atoms with Crippen LogP contribution in [0.2, 0.25) is 0 Å². The summed E-state index contributed by atoms with van der Waals surface area (Å²) in [7, 11) is -3.82. The van der Waals surface area contributed by atoms with E-state index < -0.39 is 15.6 Å². The summed E-state index contributed by atoms with van der Waals surface area (Å²) in [5.74, 6) is -0.232. The van der Waals surface area contributed by atoms with Crippen LogP contribution in [0.1, 0.15) is 66.9 Å². The third kappa shape index (κ3) is 4.47. The van der Waals surface area contributed by atoms with E-state index in [1.165, 1.54) is 12.1 Å².